The van der Waals surface area contributed by atoms with Crippen LogP contribution in [0.4, 0.5) is 24.5 Å². The van der Waals surface area contributed by atoms with Gasteiger partial charge in [-0.25, -0.2) is 0 Å². The molecule has 0 aromatic heterocycles. The third-order valence-electron chi connectivity index (χ3n) is 1.94. The highest BCUT2D eigenvalue weighted by atomic mass is 32.2. The molecule has 0 saturated carbocycles. The van der Waals surface area contributed by atoms with Gasteiger partial charge < -0.3 is 15.8 Å². The molecule has 0 spiro atoms. The Bertz CT molecular complexity index is 371. The lowest BCUT2D eigenvalue weighted by molar-refractivity contribution is -0.0327. The summed E-state index contributed by atoms with van der Waals surface area (Å²) in [5, 5.41) is 2.83. The van der Waals surface area contributed by atoms with Gasteiger partial charge in [0.25, 0.3) is 0 Å². The molecule has 3 nitrogen and oxygen atoms in total. The third kappa shape index (κ3) is 5.08. The number of hydrogen-bond acceptors (Lipinski definition) is 4. The van der Waals surface area contributed by atoms with E-state index in [0.29, 0.717) is 17.1 Å². The molecule has 1 aromatic rings. The molecule has 0 heterocycles. The molecule has 0 aliphatic carbocycles. The van der Waals surface area contributed by atoms with Gasteiger partial charge in [0.2, 0.25) is 0 Å². The Hall–Kier alpha value is -1.24. The van der Waals surface area contributed by atoms with Crippen LogP contribution in [0.2, 0.25) is 0 Å². The van der Waals surface area contributed by atoms with E-state index in [4.69, 9.17) is 10.5 Å². The van der Waals surface area contributed by atoms with Gasteiger partial charge in [-0.2, -0.15) is 13.2 Å². The van der Waals surface area contributed by atoms with Crippen molar-refractivity contribution in [1.82, 2.24) is 0 Å². The Morgan fingerprint density at radius 3 is 2.71 bits per heavy atom. The molecule has 0 fully saturated rings. The number of ether oxygens (including phenoxy) is 1. The van der Waals surface area contributed by atoms with E-state index < -0.39 is 5.51 Å². The number of nitrogens with two attached hydrogens (primary N) is 1. The van der Waals surface area contributed by atoms with Crippen LogP contribution in [0.25, 0.3) is 0 Å². The quantitative estimate of drug-likeness (QED) is 0.635. The fourth-order valence-electron chi connectivity index (χ4n) is 1.17. The number of methoxy groups -OCH3 is 1. The van der Waals surface area contributed by atoms with Crippen molar-refractivity contribution in [1.29, 1.82) is 0 Å². The molecule has 3 N–H and O–H groups in total. The first-order valence-corrected chi connectivity index (χ1v) is 5.79. The maximum absolute atomic E-state index is 11.9. The minimum absolute atomic E-state index is 0.0659. The molecule has 17 heavy (non-hydrogen) atoms. The first-order chi connectivity index (χ1) is 7.92. The van der Waals surface area contributed by atoms with E-state index >= 15 is 0 Å². The van der Waals surface area contributed by atoms with Crippen molar-refractivity contribution in [3.8, 4) is 5.75 Å². The standard InChI is InChI=1S/C10H13F3N2OS/c1-16-7-2-3-8(14)9(6-7)15-4-5-17-10(11,12)13/h2-3,6,15H,4-5,14H2,1H3. The number of alkyl halides is 3. The highest BCUT2D eigenvalue weighted by molar-refractivity contribution is 8.00. The van der Waals surface area contributed by atoms with E-state index in [0.717, 1.165) is 0 Å². The van der Waals surface area contributed by atoms with E-state index in [2.05, 4.69) is 5.32 Å². The SMILES string of the molecule is COc1ccc(N)c(NCCSC(F)(F)F)c1. The molecular formula is C10H13F3N2OS. The minimum Gasteiger partial charge on any atom is -0.497 e. The number of hydrogen-bond donors (Lipinski definition) is 2. The van der Waals surface area contributed by atoms with E-state index in [1.165, 1.54) is 7.11 Å². The number of rotatable bonds is 5. The predicted octanol–water partition coefficient (Wildman–Crippen LogP) is 2.94. The lowest BCUT2D eigenvalue weighted by Gasteiger charge is -2.11. The zero-order valence-corrected chi connectivity index (χ0v) is 9.99. The maximum Gasteiger partial charge on any atom is 0.441 e. The molecule has 0 atom stereocenters. The average molecular weight is 266 g/mol. The van der Waals surface area contributed by atoms with Crippen LogP contribution in [0.3, 0.4) is 0 Å². The summed E-state index contributed by atoms with van der Waals surface area (Å²) < 4.78 is 40.6. The number of anilines is 2. The highest BCUT2D eigenvalue weighted by Crippen LogP contribution is 2.30. The Kier molecular flexibility index (Phi) is 4.80. The summed E-state index contributed by atoms with van der Waals surface area (Å²) in [5.41, 5.74) is 2.52. The van der Waals surface area contributed by atoms with Crippen LogP contribution in [0.1, 0.15) is 0 Å². The lowest BCUT2D eigenvalue weighted by Crippen LogP contribution is -2.10. The molecule has 0 saturated heterocycles. The summed E-state index contributed by atoms with van der Waals surface area (Å²) in [6, 6.07) is 4.97. The minimum atomic E-state index is -4.19. The Labute approximate surface area is 102 Å². The monoisotopic (exact) mass is 266 g/mol. The van der Waals surface area contributed by atoms with Crippen LogP contribution in [-0.4, -0.2) is 24.9 Å². The van der Waals surface area contributed by atoms with Gasteiger partial charge in [0.1, 0.15) is 5.75 Å². The van der Waals surface area contributed by atoms with Gasteiger partial charge in [0.15, 0.2) is 0 Å². The predicted molar refractivity (Wildman–Crippen MR) is 64.4 cm³/mol. The largest absolute Gasteiger partial charge is 0.497 e. The molecule has 0 bridgehead atoms. The van der Waals surface area contributed by atoms with Crippen LogP contribution >= 0.6 is 11.8 Å². The van der Waals surface area contributed by atoms with Gasteiger partial charge in [-0.05, 0) is 23.9 Å². The number of halogens is 3. The highest BCUT2D eigenvalue weighted by Gasteiger charge is 2.27. The molecule has 1 rings (SSSR count). The van der Waals surface area contributed by atoms with Gasteiger partial charge in [-0.3, -0.25) is 0 Å². The zero-order valence-electron chi connectivity index (χ0n) is 9.17. The molecule has 0 amide bonds. The van der Waals surface area contributed by atoms with Crippen LogP contribution in [0.5, 0.6) is 5.75 Å². The number of thioether (sulfide) groups is 1. The van der Waals surface area contributed by atoms with Crippen molar-refractivity contribution >= 4 is 23.1 Å². The molecule has 1 aromatic carbocycles. The maximum atomic E-state index is 11.9. The van der Waals surface area contributed by atoms with Crippen molar-refractivity contribution in [2.24, 2.45) is 0 Å². The van der Waals surface area contributed by atoms with Crippen molar-refractivity contribution in [2.45, 2.75) is 5.51 Å². The molecule has 0 aliphatic heterocycles. The van der Waals surface area contributed by atoms with Crippen molar-refractivity contribution in [2.75, 3.05) is 30.5 Å². The Morgan fingerprint density at radius 1 is 1.41 bits per heavy atom. The third-order valence-corrected chi connectivity index (χ3v) is 2.68. The molecule has 0 aliphatic rings. The van der Waals surface area contributed by atoms with E-state index in [9.17, 15) is 13.2 Å². The molecule has 7 heteroatoms. The van der Waals surface area contributed by atoms with Crippen molar-refractivity contribution in [3.05, 3.63) is 18.2 Å². The zero-order chi connectivity index (χ0) is 12.9. The van der Waals surface area contributed by atoms with Crippen molar-refractivity contribution < 1.29 is 17.9 Å². The van der Waals surface area contributed by atoms with Crippen LogP contribution < -0.4 is 15.8 Å². The van der Waals surface area contributed by atoms with Gasteiger partial charge >= 0.3 is 5.51 Å². The second kappa shape index (κ2) is 5.90. The number of nitrogens with one attached hydrogen (secondary N) is 1. The summed E-state index contributed by atoms with van der Waals surface area (Å²) in [5.74, 6) is 0.533. The normalized spacial score (nSPS) is 11.3. The Balaban J connectivity index is 2.46. The average Bonchev–Trinajstić information content (AvgIpc) is 2.25. The first-order valence-electron chi connectivity index (χ1n) is 4.80. The first kappa shape index (κ1) is 13.8. The lowest BCUT2D eigenvalue weighted by atomic mass is 10.2. The van der Waals surface area contributed by atoms with Crippen LogP contribution in [0.15, 0.2) is 18.2 Å². The fourth-order valence-corrected chi connectivity index (χ4v) is 1.60. The van der Waals surface area contributed by atoms with Crippen LogP contribution in [0, 0.1) is 0 Å². The van der Waals surface area contributed by atoms with Gasteiger partial charge in [-0.1, -0.05) is 0 Å². The van der Waals surface area contributed by atoms with Gasteiger partial charge in [0.05, 0.1) is 18.5 Å². The number of nitrogen functional groups attached to an aromatic ring is 1. The summed E-state index contributed by atoms with van der Waals surface area (Å²) >= 11 is -0.0659. The summed E-state index contributed by atoms with van der Waals surface area (Å²) in [4.78, 5) is 0. The van der Waals surface area contributed by atoms with Gasteiger partial charge in [-0.15, -0.1) is 0 Å². The second-order valence-corrected chi connectivity index (χ2v) is 4.33. The smallest absolute Gasteiger partial charge is 0.441 e. The van der Waals surface area contributed by atoms with E-state index in [-0.39, 0.29) is 24.1 Å². The molecule has 0 unspecified atom stereocenters. The molecule has 0 radical (unpaired) electrons. The van der Waals surface area contributed by atoms with Crippen LogP contribution in [-0.2, 0) is 0 Å². The Morgan fingerprint density at radius 2 is 2.12 bits per heavy atom. The van der Waals surface area contributed by atoms with Crippen molar-refractivity contribution in [3.63, 3.8) is 0 Å². The topological polar surface area (TPSA) is 47.3 Å². The fraction of sp³-hybridized carbons (Fsp3) is 0.400. The number of benzene rings is 1. The molecular weight excluding hydrogens is 253 g/mol. The summed E-state index contributed by atoms with van der Waals surface area (Å²) in [6.45, 7) is 0.182. The summed E-state index contributed by atoms with van der Waals surface area (Å²) in [6.07, 6.45) is 0. The second-order valence-electron chi connectivity index (χ2n) is 3.17. The van der Waals surface area contributed by atoms with E-state index in [1.807, 2.05) is 0 Å². The summed E-state index contributed by atoms with van der Waals surface area (Å²) in [7, 11) is 1.51. The van der Waals surface area contributed by atoms with Gasteiger partial charge in [0, 0.05) is 18.4 Å². The van der Waals surface area contributed by atoms with E-state index in [1.54, 1.807) is 18.2 Å². The molecule has 96 valence electrons.